The molecule has 2 heterocycles. The maximum atomic E-state index is 13.1. The van der Waals surface area contributed by atoms with Gasteiger partial charge in [-0.1, -0.05) is 44.2 Å². The predicted octanol–water partition coefficient (Wildman–Crippen LogP) is 3.85. The van der Waals surface area contributed by atoms with Crippen LogP contribution in [0.1, 0.15) is 61.7 Å². The van der Waals surface area contributed by atoms with Gasteiger partial charge < -0.3 is 10.6 Å². The van der Waals surface area contributed by atoms with Crippen molar-refractivity contribution in [2.24, 2.45) is 5.73 Å². The molecule has 1 saturated heterocycles. The van der Waals surface area contributed by atoms with Crippen molar-refractivity contribution in [2.75, 3.05) is 13.1 Å². The SMILES string of the molecule is CC(C)c1csc(C2CCCN(C(=O)C(C)(N)c3ccccc3)C2)n1. The first-order valence-corrected chi connectivity index (χ1v) is 9.86. The summed E-state index contributed by atoms with van der Waals surface area (Å²) in [5.74, 6) is 0.766. The number of carbonyl (C=O) groups excluding carboxylic acids is 1. The van der Waals surface area contributed by atoms with Crippen LogP contribution in [-0.4, -0.2) is 28.9 Å². The number of carbonyl (C=O) groups is 1. The van der Waals surface area contributed by atoms with Gasteiger partial charge in [-0.3, -0.25) is 4.79 Å². The van der Waals surface area contributed by atoms with E-state index in [1.165, 1.54) is 0 Å². The number of hydrogen-bond acceptors (Lipinski definition) is 4. The van der Waals surface area contributed by atoms with Crippen LogP contribution in [0.4, 0.5) is 0 Å². The smallest absolute Gasteiger partial charge is 0.246 e. The number of piperidine rings is 1. The number of rotatable bonds is 4. The fraction of sp³-hybridized carbons (Fsp3) is 0.500. The third-order valence-electron chi connectivity index (χ3n) is 5.01. The van der Waals surface area contributed by atoms with E-state index in [0.717, 1.165) is 35.7 Å². The van der Waals surface area contributed by atoms with E-state index >= 15 is 0 Å². The zero-order valence-electron chi connectivity index (χ0n) is 15.2. The molecule has 0 spiro atoms. The molecular formula is C20H27N3OS. The van der Waals surface area contributed by atoms with E-state index < -0.39 is 5.54 Å². The van der Waals surface area contributed by atoms with Gasteiger partial charge in [0, 0.05) is 24.4 Å². The van der Waals surface area contributed by atoms with E-state index in [4.69, 9.17) is 10.7 Å². The number of likely N-dealkylation sites (tertiary alicyclic amines) is 1. The lowest BCUT2D eigenvalue weighted by molar-refractivity contribution is -0.138. The molecule has 2 aromatic rings. The topological polar surface area (TPSA) is 59.2 Å². The number of thiazole rings is 1. The molecule has 1 amide bonds. The molecule has 0 bridgehead atoms. The summed E-state index contributed by atoms with van der Waals surface area (Å²) in [6.07, 6.45) is 2.08. The largest absolute Gasteiger partial charge is 0.340 e. The summed E-state index contributed by atoms with van der Waals surface area (Å²) in [5.41, 5.74) is 7.45. The molecule has 2 atom stereocenters. The Morgan fingerprint density at radius 2 is 2.08 bits per heavy atom. The van der Waals surface area contributed by atoms with Gasteiger partial charge in [0.2, 0.25) is 5.91 Å². The molecule has 1 aromatic carbocycles. The van der Waals surface area contributed by atoms with Gasteiger partial charge in [0.25, 0.3) is 0 Å². The molecule has 4 nitrogen and oxygen atoms in total. The standard InChI is InChI=1S/C20H27N3OS/c1-14(2)17-13-25-18(22-17)15-8-7-11-23(12-15)19(24)20(3,21)16-9-5-4-6-10-16/h4-6,9-10,13-15H,7-8,11-12,21H2,1-3H3. The highest BCUT2D eigenvalue weighted by atomic mass is 32.1. The Morgan fingerprint density at radius 1 is 1.36 bits per heavy atom. The molecule has 1 aliphatic rings. The molecule has 0 saturated carbocycles. The van der Waals surface area contributed by atoms with Crippen LogP contribution in [0.2, 0.25) is 0 Å². The summed E-state index contributed by atoms with van der Waals surface area (Å²) in [6, 6.07) is 9.64. The highest BCUT2D eigenvalue weighted by molar-refractivity contribution is 7.09. The minimum Gasteiger partial charge on any atom is -0.340 e. The minimum absolute atomic E-state index is 0.00374. The Bertz CT molecular complexity index is 724. The van der Waals surface area contributed by atoms with Crippen molar-refractivity contribution in [1.82, 2.24) is 9.88 Å². The quantitative estimate of drug-likeness (QED) is 0.904. The van der Waals surface area contributed by atoms with Gasteiger partial charge >= 0.3 is 0 Å². The zero-order chi connectivity index (χ0) is 18.0. The average Bonchev–Trinajstić information content (AvgIpc) is 3.12. The maximum Gasteiger partial charge on any atom is 0.246 e. The second kappa shape index (κ2) is 7.26. The highest BCUT2D eigenvalue weighted by Gasteiger charge is 2.37. The van der Waals surface area contributed by atoms with Crippen molar-refractivity contribution in [3.63, 3.8) is 0 Å². The van der Waals surface area contributed by atoms with Crippen LogP contribution in [0.5, 0.6) is 0 Å². The third-order valence-corrected chi connectivity index (χ3v) is 6.03. The highest BCUT2D eigenvalue weighted by Crippen LogP contribution is 2.32. The van der Waals surface area contributed by atoms with Gasteiger partial charge in [0.1, 0.15) is 5.54 Å². The van der Waals surface area contributed by atoms with E-state index in [2.05, 4.69) is 19.2 Å². The molecule has 2 unspecified atom stereocenters. The summed E-state index contributed by atoms with van der Waals surface area (Å²) in [6.45, 7) is 7.62. The van der Waals surface area contributed by atoms with E-state index in [-0.39, 0.29) is 5.91 Å². The maximum absolute atomic E-state index is 13.1. The van der Waals surface area contributed by atoms with Gasteiger partial charge in [-0.05, 0) is 31.2 Å². The van der Waals surface area contributed by atoms with Crippen LogP contribution in [0, 0.1) is 0 Å². The van der Waals surface area contributed by atoms with Crippen molar-refractivity contribution < 1.29 is 4.79 Å². The van der Waals surface area contributed by atoms with Crippen LogP contribution in [0.15, 0.2) is 35.7 Å². The molecule has 0 radical (unpaired) electrons. The molecule has 0 aliphatic carbocycles. The number of hydrogen-bond donors (Lipinski definition) is 1. The molecule has 25 heavy (non-hydrogen) atoms. The summed E-state index contributed by atoms with van der Waals surface area (Å²) < 4.78 is 0. The first-order valence-electron chi connectivity index (χ1n) is 8.98. The van der Waals surface area contributed by atoms with E-state index in [9.17, 15) is 4.79 Å². The summed E-state index contributed by atoms with van der Waals surface area (Å²) in [7, 11) is 0. The minimum atomic E-state index is -0.991. The lowest BCUT2D eigenvalue weighted by Crippen LogP contribution is -2.53. The van der Waals surface area contributed by atoms with Crippen molar-refractivity contribution in [3.8, 4) is 0 Å². The van der Waals surface area contributed by atoms with Crippen molar-refractivity contribution in [1.29, 1.82) is 0 Å². The molecule has 1 aromatic heterocycles. The molecule has 3 rings (SSSR count). The van der Waals surface area contributed by atoms with Crippen LogP contribution in [-0.2, 0) is 10.3 Å². The number of benzene rings is 1. The summed E-state index contributed by atoms with van der Waals surface area (Å²) in [4.78, 5) is 19.8. The van der Waals surface area contributed by atoms with Crippen molar-refractivity contribution in [2.45, 2.75) is 51.0 Å². The van der Waals surface area contributed by atoms with Gasteiger partial charge in [0.05, 0.1) is 10.7 Å². The van der Waals surface area contributed by atoms with E-state index in [1.807, 2.05) is 42.2 Å². The molecular weight excluding hydrogens is 330 g/mol. The number of aromatic nitrogens is 1. The molecule has 134 valence electrons. The Hall–Kier alpha value is -1.72. The van der Waals surface area contributed by atoms with Gasteiger partial charge in [0.15, 0.2) is 0 Å². The van der Waals surface area contributed by atoms with Gasteiger partial charge in [-0.2, -0.15) is 0 Å². The normalized spacial score (nSPS) is 20.5. The summed E-state index contributed by atoms with van der Waals surface area (Å²) in [5, 5.41) is 3.30. The van der Waals surface area contributed by atoms with Crippen LogP contribution in [0.3, 0.4) is 0 Å². The van der Waals surface area contributed by atoms with E-state index in [1.54, 1.807) is 11.3 Å². The summed E-state index contributed by atoms with van der Waals surface area (Å²) >= 11 is 1.72. The Morgan fingerprint density at radius 3 is 2.72 bits per heavy atom. The lowest BCUT2D eigenvalue weighted by Gasteiger charge is -2.37. The number of nitrogens with zero attached hydrogens (tertiary/aromatic N) is 2. The van der Waals surface area contributed by atoms with Crippen LogP contribution in [0.25, 0.3) is 0 Å². The number of nitrogens with two attached hydrogens (primary N) is 1. The lowest BCUT2D eigenvalue weighted by atomic mass is 9.89. The Balaban J connectivity index is 1.75. The first-order chi connectivity index (χ1) is 11.9. The average molecular weight is 358 g/mol. The van der Waals surface area contributed by atoms with Gasteiger partial charge in [-0.25, -0.2) is 4.98 Å². The molecule has 1 fully saturated rings. The zero-order valence-corrected chi connectivity index (χ0v) is 16.1. The monoisotopic (exact) mass is 357 g/mol. The first kappa shape index (κ1) is 18.1. The second-order valence-corrected chi connectivity index (χ2v) is 8.31. The number of amides is 1. The van der Waals surface area contributed by atoms with Crippen molar-refractivity contribution in [3.05, 3.63) is 52.0 Å². The third kappa shape index (κ3) is 3.77. The molecule has 5 heteroatoms. The Labute approximate surface area is 154 Å². The van der Waals surface area contributed by atoms with Crippen molar-refractivity contribution >= 4 is 17.2 Å². The predicted molar refractivity (Wildman–Crippen MR) is 103 cm³/mol. The van der Waals surface area contributed by atoms with Crippen LogP contribution >= 0.6 is 11.3 Å². The van der Waals surface area contributed by atoms with Crippen LogP contribution < -0.4 is 5.73 Å². The Kier molecular flexibility index (Phi) is 5.25. The molecule has 2 N–H and O–H groups in total. The molecule has 1 aliphatic heterocycles. The fourth-order valence-corrected chi connectivity index (χ4v) is 4.46. The van der Waals surface area contributed by atoms with E-state index in [0.29, 0.717) is 18.4 Å². The van der Waals surface area contributed by atoms with Gasteiger partial charge in [-0.15, -0.1) is 11.3 Å². The fourth-order valence-electron chi connectivity index (χ4n) is 3.35. The second-order valence-electron chi connectivity index (χ2n) is 7.42.